The molecular formula is C14H8N2O6. The largest absolute Gasteiger partial charge is 0.330 e. The predicted molar refractivity (Wildman–Crippen MR) is 72.9 cm³/mol. The van der Waals surface area contributed by atoms with Crippen LogP contribution in [0.4, 0.5) is 5.69 Å². The van der Waals surface area contributed by atoms with Crippen LogP contribution in [0.25, 0.3) is 10.8 Å². The molecule has 0 N–H and O–H groups in total. The average molecular weight is 300 g/mol. The molecule has 0 bridgehead atoms. The van der Waals surface area contributed by atoms with Crippen molar-refractivity contribution < 1.29 is 24.1 Å². The summed E-state index contributed by atoms with van der Waals surface area (Å²) in [6, 6.07) is 6.91. The lowest BCUT2D eigenvalue weighted by atomic mass is 9.94. The van der Waals surface area contributed by atoms with Gasteiger partial charge in [-0.1, -0.05) is 17.2 Å². The van der Waals surface area contributed by atoms with Crippen LogP contribution >= 0.6 is 0 Å². The van der Waals surface area contributed by atoms with E-state index in [1.54, 1.807) is 6.07 Å². The van der Waals surface area contributed by atoms with Gasteiger partial charge in [0.1, 0.15) is 0 Å². The highest BCUT2D eigenvalue weighted by molar-refractivity contribution is 6.25. The standard InChI is InChI=1S/C14H8N2O6/c1-7(17)22-15-13(18)10-4-2-3-8-5-9(16(20)21)6-11(12(8)10)14(15)19/h2-6H,1H3. The fourth-order valence-corrected chi connectivity index (χ4v) is 2.39. The molecule has 0 unspecified atom stereocenters. The van der Waals surface area contributed by atoms with Gasteiger partial charge < -0.3 is 4.84 Å². The van der Waals surface area contributed by atoms with E-state index in [-0.39, 0.29) is 16.8 Å². The van der Waals surface area contributed by atoms with E-state index in [9.17, 15) is 24.5 Å². The molecule has 1 heterocycles. The zero-order valence-electron chi connectivity index (χ0n) is 11.2. The second kappa shape index (κ2) is 4.62. The monoisotopic (exact) mass is 300 g/mol. The van der Waals surface area contributed by atoms with Crippen molar-refractivity contribution in [3.8, 4) is 0 Å². The van der Waals surface area contributed by atoms with E-state index in [2.05, 4.69) is 4.84 Å². The van der Waals surface area contributed by atoms with Crippen LogP contribution in [0.5, 0.6) is 0 Å². The van der Waals surface area contributed by atoms with Crippen LogP contribution in [0.15, 0.2) is 30.3 Å². The van der Waals surface area contributed by atoms with Gasteiger partial charge in [-0.05, 0) is 11.5 Å². The first-order valence-electron chi connectivity index (χ1n) is 6.18. The van der Waals surface area contributed by atoms with Gasteiger partial charge in [0.05, 0.1) is 16.1 Å². The van der Waals surface area contributed by atoms with E-state index in [4.69, 9.17) is 0 Å². The number of nitro benzene ring substituents is 1. The van der Waals surface area contributed by atoms with E-state index >= 15 is 0 Å². The molecule has 2 aromatic carbocycles. The number of non-ortho nitro benzene ring substituents is 1. The van der Waals surface area contributed by atoms with E-state index < -0.39 is 22.7 Å². The first kappa shape index (κ1) is 13.7. The molecule has 1 aliphatic rings. The predicted octanol–water partition coefficient (Wildman–Crippen LogP) is 1.82. The molecule has 0 saturated heterocycles. The highest BCUT2D eigenvalue weighted by Gasteiger charge is 2.36. The zero-order valence-corrected chi connectivity index (χ0v) is 11.2. The fraction of sp³-hybridized carbons (Fsp3) is 0.0714. The minimum atomic E-state index is -0.910. The molecule has 0 fully saturated rings. The van der Waals surface area contributed by atoms with Crippen molar-refractivity contribution in [3.63, 3.8) is 0 Å². The van der Waals surface area contributed by atoms with Gasteiger partial charge in [0, 0.05) is 24.4 Å². The number of nitro groups is 1. The summed E-state index contributed by atoms with van der Waals surface area (Å²) < 4.78 is 0. The molecule has 0 saturated carbocycles. The normalized spacial score (nSPS) is 13.4. The maximum absolute atomic E-state index is 12.3. The van der Waals surface area contributed by atoms with E-state index in [0.717, 1.165) is 13.0 Å². The number of hydrogen-bond acceptors (Lipinski definition) is 6. The number of carbonyl (C=O) groups excluding carboxylic acids is 3. The quantitative estimate of drug-likeness (QED) is 0.475. The summed E-state index contributed by atoms with van der Waals surface area (Å²) in [5.41, 5.74) is -0.200. The highest BCUT2D eigenvalue weighted by Crippen LogP contribution is 2.33. The molecule has 0 aliphatic carbocycles. The van der Waals surface area contributed by atoms with Gasteiger partial charge in [-0.15, -0.1) is 0 Å². The number of imide groups is 1. The van der Waals surface area contributed by atoms with E-state index in [1.807, 2.05) is 0 Å². The number of carbonyl (C=O) groups is 3. The van der Waals surface area contributed by atoms with Crippen molar-refractivity contribution >= 4 is 34.2 Å². The number of rotatable bonds is 2. The van der Waals surface area contributed by atoms with Crippen molar-refractivity contribution in [3.05, 3.63) is 51.6 Å². The van der Waals surface area contributed by atoms with Gasteiger partial charge in [0.25, 0.3) is 17.5 Å². The van der Waals surface area contributed by atoms with Crippen LogP contribution in [0.2, 0.25) is 0 Å². The maximum Gasteiger partial charge on any atom is 0.330 e. The summed E-state index contributed by atoms with van der Waals surface area (Å²) in [5, 5.41) is 12.0. The number of hydroxylamine groups is 2. The Morgan fingerprint density at radius 3 is 2.50 bits per heavy atom. The molecule has 2 aromatic rings. The summed E-state index contributed by atoms with van der Waals surface area (Å²) in [6.45, 7) is 1.05. The lowest BCUT2D eigenvalue weighted by Crippen LogP contribution is -2.41. The maximum atomic E-state index is 12.3. The van der Waals surface area contributed by atoms with Crippen LogP contribution in [-0.4, -0.2) is 27.8 Å². The van der Waals surface area contributed by atoms with Gasteiger partial charge in [-0.3, -0.25) is 19.7 Å². The Labute approximate surface area is 123 Å². The van der Waals surface area contributed by atoms with Crippen LogP contribution < -0.4 is 0 Å². The summed E-state index contributed by atoms with van der Waals surface area (Å²) in [6.07, 6.45) is 0. The van der Waals surface area contributed by atoms with Gasteiger partial charge in [-0.2, -0.15) is 0 Å². The SMILES string of the molecule is CC(=O)ON1C(=O)c2cccc3cc([N+](=O)[O-])cc(c23)C1=O. The molecule has 1 aliphatic heterocycles. The molecule has 3 rings (SSSR count). The molecule has 8 heteroatoms. The number of nitrogens with zero attached hydrogens (tertiary/aromatic N) is 2. The minimum Gasteiger partial charge on any atom is -0.330 e. The van der Waals surface area contributed by atoms with Crippen molar-refractivity contribution in [1.82, 2.24) is 5.06 Å². The Bertz CT molecular complexity index is 873. The molecule has 110 valence electrons. The lowest BCUT2D eigenvalue weighted by Gasteiger charge is -2.24. The second-order valence-electron chi connectivity index (χ2n) is 4.64. The molecule has 0 spiro atoms. The first-order valence-corrected chi connectivity index (χ1v) is 6.18. The summed E-state index contributed by atoms with van der Waals surface area (Å²) in [5.74, 6) is -2.54. The van der Waals surface area contributed by atoms with Crippen LogP contribution in [0.1, 0.15) is 27.6 Å². The number of benzene rings is 2. The number of hydrogen-bond donors (Lipinski definition) is 0. The Kier molecular flexibility index (Phi) is 2.87. The zero-order chi connectivity index (χ0) is 16.0. The molecular weight excluding hydrogens is 292 g/mol. The lowest BCUT2D eigenvalue weighted by molar-refractivity contribution is -0.384. The molecule has 22 heavy (non-hydrogen) atoms. The summed E-state index contributed by atoms with van der Waals surface area (Å²) in [4.78, 5) is 50.6. The Morgan fingerprint density at radius 2 is 1.86 bits per heavy atom. The van der Waals surface area contributed by atoms with Gasteiger partial charge in [0.15, 0.2) is 0 Å². The Morgan fingerprint density at radius 1 is 1.18 bits per heavy atom. The first-order chi connectivity index (χ1) is 10.4. The van der Waals surface area contributed by atoms with Crippen LogP contribution in [0, 0.1) is 10.1 Å². The molecule has 2 amide bonds. The Hall–Kier alpha value is -3.29. The van der Waals surface area contributed by atoms with E-state index in [1.165, 1.54) is 18.2 Å². The third-order valence-electron chi connectivity index (χ3n) is 3.22. The van der Waals surface area contributed by atoms with Crippen molar-refractivity contribution in [1.29, 1.82) is 0 Å². The van der Waals surface area contributed by atoms with Crippen molar-refractivity contribution in [2.45, 2.75) is 6.92 Å². The molecule has 0 atom stereocenters. The second-order valence-corrected chi connectivity index (χ2v) is 4.64. The average Bonchev–Trinajstić information content (AvgIpc) is 2.48. The van der Waals surface area contributed by atoms with Crippen molar-refractivity contribution in [2.75, 3.05) is 0 Å². The fourth-order valence-electron chi connectivity index (χ4n) is 2.39. The third kappa shape index (κ3) is 1.89. The van der Waals surface area contributed by atoms with Gasteiger partial charge >= 0.3 is 5.97 Å². The molecule has 8 nitrogen and oxygen atoms in total. The smallest absolute Gasteiger partial charge is 0.330 e. The van der Waals surface area contributed by atoms with Crippen molar-refractivity contribution in [2.24, 2.45) is 0 Å². The van der Waals surface area contributed by atoms with Gasteiger partial charge in [0.2, 0.25) is 0 Å². The Balaban J connectivity index is 2.32. The number of amides is 2. The van der Waals surface area contributed by atoms with Crippen LogP contribution in [0.3, 0.4) is 0 Å². The molecule has 0 aromatic heterocycles. The summed E-state index contributed by atoms with van der Waals surface area (Å²) >= 11 is 0. The highest BCUT2D eigenvalue weighted by atomic mass is 16.7. The van der Waals surface area contributed by atoms with Gasteiger partial charge in [-0.25, -0.2) is 4.79 Å². The summed E-state index contributed by atoms with van der Waals surface area (Å²) in [7, 11) is 0. The van der Waals surface area contributed by atoms with E-state index in [0.29, 0.717) is 15.8 Å². The van der Waals surface area contributed by atoms with Crippen LogP contribution in [-0.2, 0) is 9.63 Å². The third-order valence-corrected chi connectivity index (χ3v) is 3.22. The molecule has 0 radical (unpaired) electrons. The topological polar surface area (TPSA) is 107 Å². The minimum absolute atomic E-state index is 0.0550.